The van der Waals surface area contributed by atoms with Crippen molar-refractivity contribution in [3.63, 3.8) is 0 Å². The third kappa shape index (κ3) is 2.15. The van der Waals surface area contributed by atoms with Gasteiger partial charge in [0, 0.05) is 0 Å². The number of fused-ring (bicyclic) bond motifs is 2. The SMILES string of the molecule is O=c1c2ccccc2oc2ccc(C3CCCCC3)cc12. The third-order valence-electron chi connectivity index (χ3n) is 4.68. The fraction of sp³-hybridized carbons (Fsp3) is 0.316. The molecule has 2 heteroatoms. The van der Waals surface area contributed by atoms with E-state index in [0.717, 1.165) is 5.39 Å². The first-order valence-electron chi connectivity index (χ1n) is 7.78. The van der Waals surface area contributed by atoms with E-state index in [1.807, 2.05) is 30.3 Å². The molecule has 0 atom stereocenters. The van der Waals surface area contributed by atoms with Crippen molar-refractivity contribution in [1.82, 2.24) is 0 Å². The first-order chi connectivity index (χ1) is 10.3. The van der Waals surface area contributed by atoms with Crippen LogP contribution in [0.3, 0.4) is 0 Å². The Hall–Kier alpha value is -2.09. The first kappa shape index (κ1) is 12.6. The predicted molar refractivity (Wildman–Crippen MR) is 85.8 cm³/mol. The Morgan fingerprint density at radius 3 is 2.48 bits per heavy atom. The van der Waals surface area contributed by atoms with Crippen LogP contribution in [0.15, 0.2) is 51.7 Å². The molecule has 0 N–H and O–H groups in total. The fourth-order valence-electron chi connectivity index (χ4n) is 3.51. The van der Waals surface area contributed by atoms with Crippen molar-refractivity contribution < 1.29 is 4.42 Å². The van der Waals surface area contributed by atoms with Gasteiger partial charge in [0.15, 0.2) is 0 Å². The predicted octanol–water partition coefficient (Wildman–Crippen LogP) is 4.99. The van der Waals surface area contributed by atoms with E-state index in [4.69, 9.17) is 4.42 Å². The van der Waals surface area contributed by atoms with Crippen LogP contribution < -0.4 is 5.43 Å². The van der Waals surface area contributed by atoms with Crippen molar-refractivity contribution >= 4 is 21.9 Å². The van der Waals surface area contributed by atoms with Crippen LogP contribution in [0, 0.1) is 0 Å². The van der Waals surface area contributed by atoms with Crippen LogP contribution >= 0.6 is 0 Å². The molecule has 1 heterocycles. The lowest BCUT2D eigenvalue weighted by atomic mass is 9.84. The van der Waals surface area contributed by atoms with Crippen molar-refractivity contribution in [1.29, 1.82) is 0 Å². The smallest absolute Gasteiger partial charge is 0.200 e. The van der Waals surface area contributed by atoms with Crippen LogP contribution in [0.2, 0.25) is 0 Å². The molecule has 0 unspecified atom stereocenters. The van der Waals surface area contributed by atoms with Gasteiger partial charge in [-0.15, -0.1) is 0 Å². The lowest BCUT2D eigenvalue weighted by Gasteiger charge is -2.22. The molecular formula is C19H18O2. The van der Waals surface area contributed by atoms with E-state index >= 15 is 0 Å². The number of rotatable bonds is 1. The van der Waals surface area contributed by atoms with E-state index < -0.39 is 0 Å². The lowest BCUT2D eigenvalue weighted by molar-refractivity contribution is 0.444. The molecule has 2 nitrogen and oxygen atoms in total. The molecule has 21 heavy (non-hydrogen) atoms. The zero-order valence-electron chi connectivity index (χ0n) is 12.0. The van der Waals surface area contributed by atoms with E-state index in [1.165, 1.54) is 37.7 Å². The monoisotopic (exact) mass is 278 g/mol. The number of benzene rings is 2. The molecule has 1 fully saturated rings. The van der Waals surface area contributed by atoms with Crippen molar-refractivity contribution in [3.05, 3.63) is 58.3 Å². The molecule has 4 rings (SSSR count). The maximum absolute atomic E-state index is 12.7. The molecule has 1 aliphatic rings. The maximum atomic E-state index is 12.7. The van der Waals surface area contributed by atoms with Crippen molar-refractivity contribution in [2.24, 2.45) is 0 Å². The summed E-state index contributed by atoms with van der Waals surface area (Å²) in [5.41, 5.74) is 2.74. The van der Waals surface area contributed by atoms with Gasteiger partial charge in [0.05, 0.1) is 10.8 Å². The highest BCUT2D eigenvalue weighted by molar-refractivity contribution is 5.89. The highest BCUT2D eigenvalue weighted by Crippen LogP contribution is 2.33. The Balaban J connectivity index is 1.92. The van der Waals surface area contributed by atoms with Crippen molar-refractivity contribution in [2.45, 2.75) is 38.0 Å². The summed E-state index contributed by atoms with van der Waals surface area (Å²) in [6.45, 7) is 0. The molecule has 2 aromatic carbocycles. The number of para-hydroxylation sites is 1. The Bertz CT molecular complexity index is 854. The molecule has 0 bridgehead atoms. The van der Waals surface area contributed by atoms with Gasteiger partial charge in [-0.05, 0) is 48.6 Å². The molecule has 3 aromatic rings. The van der Waals surface area contributed by atoms with Gasteiger partial charge in [-0.1, -0.05) is 37.5 Å². The largest absolute Gasteiger partial charge is 0.456 e. The van der Waals surface area contributed by atoms with Crippen LogP contribution in [-0.2, 0) is 0 Å². The Morgan fingerprint density at radius 2 is 1.62 bits per heavy atom. The summed E-state index contributed by atoms with van der Waals surface area (Å²) in [7, 11) is 0. The van der Waals surface area contributed by atoms with Gasteiger partial charge >= 0.3 is 0 Å². The molecule has 0 spiro atoms. The molecule has 0 amide bonds. The minimum atomic E-state index is 0.0875. The van der Waals surface area contributed by atoms with Gasteiger partial charge in [-0.2, -0.15) is 0 Å². The van der Waals surface area contributed by atoms with Crippen LogP contribution in [0.25, 0.3) is 21.9 Å². The first-order valence-corrected chi connectivity index (χ1v) is 7.78. The second-order valence-electron chi connectivity index (χ2n) is 6.02. The van der Waals surface area contributed by atoms with Crippen LogP contribution in [-0.4, -0.2) is 0 Å². The zero-order chi connectivity index (χ0) is 14.2. The highest BCUT2D eigenvalue weighted by Gasteiger charge is 2.17. The average Bonchev–Trinajstić information content (AvgIpc) is 2.56. The molecular weight excluding hydrogens is 260 g/mol. The van der Waals surface area contributed by atoms with Crippen molar-refractivity contribution in [2.75, 3.05) is 0 Å². The van der Waals surface area contributed by atoms with Gasteiger partial charge < -0.3 is 4.42 Å². The van der Waals surface area contributed by atoms with Crippen LogP contribution in [0.4, 0.5) is 0 Å². The van der Waals surface area contributed by atoms with Gasteiger partial charge in [-0.3, -0.25) is 4.79 Å². The van der Waals surface area contributed by atoms with Gasteiger partial charge in [0.1, 0.15) is 11.2 Å². The van der Waals surface area contributed by atoms with E-state index in [2.05, 4.69) is 12.1 Å². The fourth-order valence-corrected chi connectivity index (χ4v) is 3.51. The average molecular weight is 278 g/mol. The van der Waals surface area contributed by atoms with Crippen LogP contribution in [0.5, 0.6) is 0 Å². The highest BCUT2D eigenvalue weighted by atomic mass is 16.3. The Labute approximate surface area is 123 Å². The van der Waals surface area contributed by atoms with E-state index in [0.29, 0.717) is 22.5 Å². The van der Waals surface area contributed by atoms with Gasteiger partial charge in [0.25, 0.3) is 0 Å². The second-order valence-corrected chi connectivity index (χ2v) is 6.02. The molecule has 0 saturated heterocycles. The van der Waals surface area contributed by atoms with Gasteiger partial charge in [-0.25, -0.2) is 0 Å². The normalized spacial score (nSPS) is 16.6. The summed E-state index contributed by atoms with van der Waals surface area (Å²) < 4.78 is 5.87. The zero-order valence-corrected chi connectivity index (χ0v) is 12.0. The van der Waals surface area contributed by atoms with Gasteiger partial charge in [0.2, 0.25) is 5.43 Å². The molecule has 1 saturated carbocycles. The standard InChI is InChI=1S/C19H18O2/c20-19-15-8-4-5-9-17(15)21-18-11-10-14(12-16(18)19)13-6-2-1-3-7-13/h4-5,8-13H,1-3,6-7H2. The molecule has 106 valence electrons. The van der Waals surface area contributed by atoms with Crippen LogP contribution in [0.1, 0.15) is 43.6 Å². The summed E-state index contributed by atoms with van der Waals surface area (Å²) >= 11 is 0. The third-order valence-corrected chi connectivity index (χ3v) is 4.68. The summed E-state index contributed by atoms with van der Waals surface area (Å²) in [5.74, 6) is 0.606. The number of hydrogen-bond acceptors (Lipinski definition) is 2. The number of hydrogen-bond donors (Lipinski definition) is 0. The molecule has 0 radical (unpaired) electrons. The van der Waals surface area contributed by atoms with E-state index in [1.54, 1.807) is 0 Å². The minimum Gasteiger partial charge on any atom is -0.456 e. The van der Waals surface area contributed by atoms with E-state index in [9.17, 15) is 4.79 Å². The molecule has 1 aromatic heterocycles. The summed E-state index contributed by atoms with van der Waals surface area (Å²) in [6, 6.07) is 13.6. The summed E-state index contributed by atoms with van der Waals surface area (Å²) in [4.78, 5) is 12.7. The second kappa shape index (κ2) is 5.03. The molecule has 1 aliphatic carbocycles. The Kier molecular flexibility index (Phi) is 3.03. The Morgan fingerprint density at radius 1 is 0.857 bits per heavy atom. The maximum Gasteiger partial charge on any atom is 0.200 e. The van der Waals surface area contributed by atoms with Crippen molar-refractivity contribution in [3.8, 4) is 0 Å². The summed E-state index contributed by atoms with van der Waals surface area (Å²) in [6.07, 6.45) is 6.43. The topological polar surface area (TPSA) is 30.2 Å². The summed E-state index contributed by atoms with van der Waals surface area (Å²) in [5, 5.41) is 1.39. The minimum absolute atomic E-state index is 0.0875. The quantitative estimate of drug-likeness (QED) is 0.587. The lowest BCUT2D eigenvalue weighted by Crippen LogP contribution is -2.07. The molecule has 0 aliphatic heterocycles. The van der Waals surface area contributed by atoms with E-state index in [-0.39, 0.29) is 5.43 Å².